The largest absolute Gasteiger partial charge is 0.467 e. The normalized spacial score (nSPS) is 26.0. The number of esters is 1. The van der Waals surface area contributed by atoms with Gasteiger partial charge in [-0.3, -0.25) is 4.90 Å². The first-order valence-corrected chi connectivity index (χ1v) is 8.83. The number of carbonyl (C=O) groups is 1. The third-order valence-corrected chi connectivity index (χ3v) is 4.85. The molecule has 5 nitrogen and oxygen atoms in total. The number of aliphatic hydroxyl groups is 1. The van der Waals surface area contributed by atoms with E-state index in [-0.39, 0.29) is 24.2 Å². The number of carbonyl (C=O) groups excluding carboxylic acids is 1. The molecule has 0 amide bonds. The minimum Gasteiger partial charge on any atom is -0.467 e. The van der Waals surface area contributed by atoms with E-state index in [4.69, 9.17) is 9.47 Å². The van der Waals surface area contributed by atoms with E-state index in [1.54, 1.807) is 0 Å². The Labute approximate surface area is 150 Å². The fraction of sp³-hybridized carbons (Fsp3) is 0.650. The van der Waals surface area contributed by atoms with E-state index < -0.39 is 17.6 Å². The van der Waals surface area contributed by atoms with Crippen LogP contribution in [0.1, 0.15) is 40.2 Å². The van der Waals surface area contributed by atoms with Gasteiger partial charge in [-0.15, -0.1) is 0 Å². The summed E-state index contributed by atoms with van der Waals surface area (Å²) in [4.78, 5) is 14.8. The second-order valence-corrected chi connectivity index (χ2v) is 8.25. The molecule has 1 aromatic rings. The van der Waals surface area contributed by atoms with Gasteiger partial charge in [0.25, 0.3) is 0 Å². The van der Waals surface area contributed by atoms with Crippen molar-refractivity contribution in [3.05, 3.63) is 35.9 Å². The summed E-state index contributed by atoms with van der Waals surface area (Å²) < 4.78 is 11.2. The van der Waals surface area contributed by atoms with Gasteiger partial charge in [-0.05, 0) is 11.5 Å². The molecule has 0 saturated carbocycles. The van der Waals surface area contributed by atoms with Gasteiger partial charge in [0, 0.05) is 12.0 Å². The van der Waals surface area contributed by atoms with Crippen LogP contribution in [0.25, 0.3) is 0 Å². The summed E-state index contributed by atoms with van der Waals surface area (Å²) in [6, 6.07) is 9.93. The third-order valence-electron chi connectivity index (χ3n) is 4.85. The Morgan fingerprint density at radius 3 is 2.44 bits per heavy atom. The van der Waals surface area contributed by atoms with Crippen LogP contribution in [-0.2, 0) is 20.8 Å². The van der Waals surface area contributed by atoms with Crippen LogP contribution in [0.2, 0.25) is 0 Å². The summed E-state index contributed by atoms with van der Waals surface area (Å²) in [7, 11) is 1.36. The highest BCUT2D eigenvalue weighted by Gasteiger charge is 2.60. The van der Waals surface area contributed by atoms with Crippen molar-refractivity contribution >= 4 is 5.97 Å². The molecule has 3 atom stereocenters. The molecule has 1 heterocycles. The molecule has 3 unspecified atom stereocenters. The summed E-state index contributed by atoms with van der Waals surface area (Å²) in [5, 5.41) is 11.0. The molecule has 1 aliphatic heterocycles. The first-order valence-electron chi connectivity index (χ1n) is 8.83. The van der Waals surface area contributed by atoms with Gasteiger partial charge in [-0.1, -0.05) is 65.0 Å². The lowest BCUT2D eigenvalue weighted by atomic mass is 9.83. The van der Waals surface area contributed by atoms with Crippen molar-refractivity contribution in [3.8, 4) is 0 Å². The van der Waals surface area contributed by atoms with E-state index in [0.29, 0.717) is 6.54 Å². The Morgan fingerprint density at radius 1 is 1.36 bits per heavy atom. The lowest BCUT2D eigenvalue weighted by molar-refractivity contribution is -0.167. The zero-order chi connectivity index (χ0) is 18.8. The zero-order valence-corrected chi connectivity index (χ0v) is 16.2. The Bertz CT molecular complexity index is 581. The van der Waals surface area contributed by atoms with Gasteiger partial charge < -0.3 is 14.6 Å². The molecule has 1 saturated heterocycles. The van der Waals surface area contributed by atoms with Gasteiger partial charge in [0.15, 0.2) is 5.54 Å². The summed E-state index contributed by atoms with van der Waals surface area (Å²) >= 11 is 0. The zero-order valence-electron chi connectivity index (χ0n) is 16.2. The molecule has 140 valence electrons. The number of ether oxygens (including phenoxy) is 2. The van der Waals surface area contributed by atoms with Gasteiger partial charge >= 0.3 is 5.97 Å². The lowest BCUT2D eigenvalue weighted by Crippen LogP contribution is -2.64. The molecule has 1 fully saturated rings. The number of benzene rings is 1. The van der Waals surface area contributed by atoms with E-state index in [1.807, 2.05) is 49.1 Å². The second kappa shape index (κ2) is 7.44. The molecule has 0 radical (unpaired) electrons. The van der Waals surface area contributed by atoms with E-state index in [1.165, 1.54) is 7.11 Å². The summed E-state index contributed by atoms with van der Waals surface area (Å²) in [6.45, 7) is 10.6. The van der Waals surface area contributed by atoms with Crippen molar-refractivity contribution in [1.29, 1.82) is 0 Å². The van der Waals surface area contributed by atoms with Crippen molar-refractivity contribution in [2.24, 2.45) is 11.3 Å². The predicted octanol–water partition coefficient (Wildman–Crippen LogP) is 2.82. The lowest BCUT2D eigenvalue weighted by Gasteiger charge is -2.43. The van der Waals surface area contributed by atoms with Crippen LogP contribution >= 0.6 is 0 Å². The monoisotopic (exact) mass is 349 g/mol. The smallest absolute Gasteiger partial charge is 0.331 e. The molecule has 1 aromatic carbocycles. The molecule has 1 N–H and O–H groups in total. The maximum absolute atomic E-state index is 12.9. The van der Waals surface area contributed by atoms with Gasteiger partial charge in [-0.25, -0.2) is 4.79 Å². The summed E-state index contributed by atoms with van der Waals surface area (Å²) in [5.74, 6) is -0.559. The van der Waals surface area contributed by atoms with Gasteiger partial charge in [0.1, 0.15) is 6.23 Å². The topological polar surface area (TPSA) is 59.0 Å². The fourth-order valence-corrected chi connectivity index (χ4v) is 3.59. The summed E-state index contributed by atoms with van der Waals surface area (Å²) in [5.41, 5.74) is -0.371. The number of hydrogen-bond acceptors (Lipinski definition) is 5. The highest BCUT2D eigenvalue weighted by molar-refractivity contribution is 5.82. The third kappa shape index (κ3) is 3.73. The Kier molecular flexibility index (Phi) is 5.92. The molecular weight excluding hydrogens is 318 g/mol. The number of rotatable bonds is 5. The van der Waals surface area contributed by atoms with E-state index >= 15 is 0 Å². The van der Waals surface area contributed by atoms with E-state index in [0.717, 1.165) is 5.56 Å². The average molecular weight is 349 g/mol. The molecule has 1 aliphatic rings. The Hall–Kier alpha value is -1.43. The van der Waals surface area contributed by atoms with Crippen LogP contribution in [0.5, 0.6) is 0 Å². The quantitative estimate of drug-likeness (QED) is 0.829. The Balaban J connectivity index is 2.53. The number of aliphatic hydroxyl groups excluding tert-OH is 1. The Morgan fingerprint density at radius 2 is 1.96 bits per heavy atom. The molecule has 5 heteroatoms. The minimum atomic E-state index is -1.21. The number of methoxy groups -OCH3 is 1. The van der Waals surface area contributed by atoms with Crippen LogP contribution in [0.15, 0.2) is 30.3 Å². The highest BCUT2D eigenvalue weighted by Crippen LogP contribution is 2.42. The molecule has 0 spiro atoms. The van der Waals surface area contributed by atoms with Crippen molar-refractivity contribution in [2.75, 3.05) is 13.7 Å². The average Bonchev–Trinajstić information content (AvgIpc) is 2.94. The van der Waals surface area contributed by atoms with Gasteiger partial charge in [-0.2, -0.15) is 0 Å². The number of nitrogens with zero attached hydrogens (tertiary/aromatic N) is 1. The second-order valence-electron chi connectivity index (χ2n) is 8.25. The van der Waals surface area contributed by atoms with Crippen LogP contribution in [0, 0.1) is 11.3 Å². The predicted molar refractivity (Wildman–Crippen MR) is 96.8 cm³/mol. The van der Waals surface area contributed by atoms with E-state index in [9.17, 15) is 9.90 Å². The fourth-order valence-electron chi connectivity index (χ4n) is 3.59. The maximum Gasteiger partial charge on any atom is 0.331 e. The van der Waals surface area contributed by atoms with Crippen molar-refractivity contribution < 1.29 is 19.4 Å². The first-order chi connectivity index (χ1) is 11.6. The molecule has 0 aromatic heterocycles. The van der Waals surface area contributed by atoms with Crippen LogP contribution < -0.4 is 0 Å². The van der Waals surface area contributed by atoms with Crippen LogP contribution in [0.4, 0.5) is 0 Å². The first kappa shape index (κ1) is 19.9. The standard InChI is InChI=1S/C20H31NO4/c1-14(2)16(22)20(18(23)24-6)13-25-17(19(3,4)5)21(20)12-15-10-8-7-9-11-15/h7-11,14,16-17,22H,12-13H2,1-6H3. The number of hydrogen-bond donors (Lipinski definition) is 1. The molecule has 2 rings (SSSR count). The molecule has 0 aliphatic carbocycles. The van der Waals surface area contributed by atoms with Crippen molar-refractivity contribution in [2.45, 2.75) is 59.0 Å². The minimum absolute atomic E-state index is 0.111. The molecular formula is C20H31NO4. The van der Waals surface area contributed by atoms with E-state index in [2.05, 4.69) is 20.8 Å². The van der Waals surface area contributed by atoms with Crippen LogP contribution in [0.3, 0.4) is 0 Å². The molecule has 25 heavy (non-hydrogen) atoms. The maximum atomic E-state index is 12.9. The van der Waals surface area contributed by atoms with Crippen molar-refractivity contribution in [1.82, 2.24) is 4.90 Å². The summed E-state index contributed by atoms with van der Waals surface area (Å²) in [6.07, 6.45) is -1.20. The van der Waals surface area contributed by atoms with Gasteiger partial charge in [0.05, 0.1) is 19.8 Å². The van der Waals surface area contributed by atoms with Gasteiger partial charge in [0.2, 0.25) is 0 Å². The highest BCUT2D eigenvalue weighted by atomic mass is 16.6. The molecule has 0 bridgehead atoms. The van der Waals surface area contributed by atoms with Crippen molar-refractivity contribution in [3.63, 3.8) is 0 Å². The van der Waals surface area contributed by atoms with Crippen LogP contribution in [-0.4, -0.2) is 47.6 Å². The SMILES string of the molecule is COC(=O)C1(C(O)C(C)C)COC(C(C)(C)C)N1Cc1ccccc1.